The Hall–Kier alpha value is -1.60. The standard InChI is InChI=1S/C14H17Cl2FN4O2/c1-6(18-13(22)23-14(2,3)4)5-7-9(17)8-10(15)20-12(16)21-11(8)19-7/h6H,5H2,1-4H3,(H,18,22)(H,19,20,21)/t6-/m0/s1. The second kappa shape index (κ2) is 6.49. The van der Waals surface area contributed by atoms with Crippen molar-refractivity contribution < 1.29 is 13.9 Å². The maximum absolute atomic E-state index is 14.4. The number of amides is 1. The molecule has 126 valence electrons. The number of nitrogens with zero attached hydrogens (tertiary/aromatic N) is 2. The number of hydrogen-bond donors (Lipinski definition) is 2. The number of fused-ring (bicyclic) bond motifs is 1. The third-order valence-corrected chi connectivity index (χ3v) is 3.31. The minimum atomic E-state index is -0.601. The Balaban J connectivity index is 2.14. The number of aromatic nitrogens is 3. The van der Waals surface area contributed by atoms with E-state index in [1.807, 2.05) is 0 Å². The van der Waals surface area contributed by atoms with Crippen LogP contribution in [0.25, 0.3) is 11.0 Å². The van der Waals surface area contributed by atoms with Gasteiger partial charge in [0.1, 0.15) is 16.4 Å². The molecule has 0 aromatic carbocycles. The van der Waals surface area contributed by atoms with Crippen LogP contribution in [0, 0.1) is 5.82 Å². The molecule has 0 aliphatic carbocycles. The van der Waals surface area contributed by atoms with E-state index in [2.05, 4.69) is 20.3 Å². The predicted molar refractivity (Wildman–Crippen MR) is 86.4 cm³/mol. The third-order valence-electron chi connectivity index (χ3n) is 2.86. The number of halogens is 3. The molecule has 0 fully saturated rings. The first-order valence-corrected chi connectivity index (χ1v) is 7.71. The van der Waals surface area contributed by atoms with Crippen LogP contribution in [0.1, 0.15) is 33.4 Å². The summed E-state index contributed by atoms with van der Waals surface area (Å²) in [7, 11) is 0. The third kappa shape index (κ3) is 4.45. The van der Waals surface area contributed by atoms with Gasteiger partial charge in [-0.25, -0.2) is 14.2 Å². The van der Waals surface area contributed by atoms with Crippen molar-refractivity contribution in [3.05, 3.63) is 21.9 Å². The zero-order valence-electron chi connectivity index (χ0n) is 13.1. The van der Waals surface area contributed by atoms with Crippen molar-refractivity contribution in [2.75, 3.05) is 0 Å². The topological polar surface area (TPSA) is 79.9 Å². The Bertz CT molecular complexity index is 742. The van der Waals surface area contributed by atoms with Gasteiger partial charge in [-0.05, 0) is 39.3 Å². The fraction of sp³-hybridized carbons (Fsp3) is 0.500. The average Bonchev–Trinajstić information content (AvgIpc) is 2.62. The lowest BCUT2D eigenvalue weighted by Crippen LogP contribution is -2.38. The van der Waals surface area contributed by atoms with Crippen LogP contribution in [0.4, 0.5) is 9.18 Å². The zero-order chi connectivity index (χ0) is 17.4. The van der Waals surface area contributed by atoms with E-state index in [4.69, 9.17) is 27.9 Å². The molecular weight excluding hydrogens is 346 g/mol. The highest BCUT2D eigenvalue weighted by atomic mass is 35.5. The van der Waals surface area contributed by atoms with Gasteiger partial charge in [0, 0.05) is 12.5 Å². The van der Waals surface area contributed by atoms with E-state index in [1.54, 1.807) is 27.7 Å². The van der Waals surface area contributed by atoms with E-state index >= 15 is 0 Å². The number of aromatic amines is 1. The highest BCUT2D eigenvalue weighted by Crippen LogP contribution is 2.27. The van der Waals surface area contributed by atoms with Gasteiger partial charge in [0.2, 0.25) is 5.28 Å². The number of nitrogens with one attached hydrogen (secondary N) is 2. The van der Waals surface area contributed by atoms with Crippen LogP contribution in [0.2, 0.25) is 10.4 Å². The molecule has 2 aromatic rings. The molecule has 1 amide bonds. The first-order chi connectivity index (χ1) is 10.6. The monoisotopic (exact) mass is 362 g/mol. The molecule has 23 heavy (non-hydrogen) atoms. The summed E-state index contributed by atoms with van der Waals surface area (Å²) in [5.74, 6) is -0.556. The van der Waals surface area contributed by atoms with Gasteiger partial charge in [0.15, 0.2) is 5.82 Å². The van der Waals surface area contributed by atoms with Crippen LogP contribution in [-0.4, -0.2) is 32.7 Å². The molecule has 2 rings (SSSR count). The summed E-state index contributed by atoms with van der Waals surface area (Å²) >= 11 is 11.6. The highest BCUT2D eigenvalue weighted by Gasteiger charge is 2.21. The van der Waals surface area contributed by atoms with Crippen LogP contribution < -0.4 is 5.32 Å². The molecule has 6 nitrogen and oxygen atoms in total. The van der Waals surface area contributed by atoms with Gasteiger partial charge in [0.25, 0.3) is 0 Å². The second-order valence-corrected chi connectivity index (χ2v) is 6.87. The SMILES string of the molecule is C[C@@H](Cc1[nH]c2nc(Cl)nc(Cl)c2c1F)NC(=O)OC(C)(C)C. The van der Waals surface area contributed by atoms with Gasteiger partial charge < -0.3 is 15.0 Å². The summed E-state index contributed by atoms with van der Waals surface area (Å²) in [5.41, 5.74) is -0.135. The maximum atomic E-state index is 14.4. The Morgan fingerprint density at radius 2 is 2.04 bits per heavy atom. The minimum Gasteiger partial charge on any atom is -0.444 e. The number of H-pyrrole nitrogens is 1. The van der Waals surface area contributed by atoms with Crippen molar-refractivity contribution in [3.63, 3.8) is 0 Å². The summed E-state index contributed by atoms with van der Waals surface area (Å²) in [5, 5.41) is 2.58. The molecule has 0 spiro atoms. The number of alkyl carbamates (subject to hydrolysis) is 1. The van der Waals surface area contributed by atoms with Crippen LogP contribution in [-0.2, 0) is 11.2 Å². The number of carbonyl (C=O) groups excluding carboxylic acids is 1. The van der Waals surface area contributed by atoms with Gasteiger partial charge in [0.05, 0.1) is 11.1 Å². The molecule has 0 aliphatic rings. The normalized spacial score (nSPS) is 13.2. The van der Waals surface area contributed by atoms with Gasteiger partial charge in [-0.1, -0.05) is 11.6 Å². The quantitative estimate of drug-likeness (QED) is 0.641. The summed E-state index contributed by atoms with van der Waals surface area (Å²) in [6.45, 7) is 7.02. The van der Waals surface area contributed by atoms with E-state index in [1.165, 1.54) is 0 Å². The van der Waals surface area contributed by atoms with E-state index < -0.39 is 17.5 Å². The molecule has 2 aromatic heterocycles. The van der Waals surface area contributed by atoms with Crippen molar-refractivity contribution in [2.24, 2.45) is 0 Å². The summed E-state index contributed by atoms with van der Waals surface area (Å²) in [6.07, 6.45) is -0.363. The second-order valence-electron chi connectivity index (χ2n) is 6.18. The molecule has 0 bridgehead atoms. The molecule has 0 radical (unpaired) electrons. The van der Waals surface area contributed by atoms with Crippen LogP contribution in [0.3, 0.4) is 0 Å². The van der Waals surface area contributed by atoms with E-state index in [0.717, 1.165) is 0 Å². The van der Waals surface area contributed by atoms with E-state index in [-0.39, 0.29) is 39.6 Å². The van der Waals surface area contributed by atoms with Crippen molar-refractivity contribution in [2.45, 2.75) is 45.8 Å². The molecule has 0 saturated carbocycles. The van der Waals surface area contributed by atoms with Gasteiger partial charge in [-0.2, -0.15) is 4.98 Å². The first-order valence-electron chi connectivity index (χ1n) is 6.95. The lowest BCUT2D eigenvalue weighted by Gasteiger charge is -2.21. The Morgan fingerprint density at radius 3 is 2.65 bits per heavy atom. The van der Waals surface area contributed by atoms with Crippen molar-refractivity contribution in [3.8, 4) is 0 Å². The molecule has 2 N–H and O–H groups in total. The average molecular weight is 363 g/mol. The maximum Gasteiger partial charge on any atom is 0.407 e. The van der Waals surface area contributed by atoms with Gasteiger partial charge in [-0.3, -0.25) is 0 Å². The molecule has 0 saturated heterocycles. The minimum absolute atomic E-state index is 0.0623. The lowest BCUT2D eigenvalue weighted by molar-refractivity contribution is 0.0508. The summed E-state index contributed by atoms with van der Waals surface area (Å²) in [4.78, 5) is 22.1. The van der Waals surface area contributed by atoms with Crippen molar-refractivity contribution >= 4 is 40.3 Å². The number of rotatable bonds is 3. The van der Waals surface area contributed by atoms with Crippen molar-refractivity contribution in [1.82, 2.24) is 20.3 Å². The predicted octanol–water partition coefficient (Wildman–Crippen LogP) is 3.86. The molecule has 0 unspecified atom stereocenters. The molecule has 2 heterocycles. The molecule has 1 atom stereocenters. The van der Waals surface area contributed by atoms with Gasteiger partial charge in [-0.15, -0.1) is 0 Å². The fourth-order valence-electron chi connectivity index (χ4n) is 2.05. The number of ether oxygens (including phenoxy) is 1. The number of hydrogen-bond acceptors (Lipinski definition) is 4. The summed E-state index contributed by atoms with van der Waals surface area (Å²) in [6, 6.07) is -0.366. The Labute approximate surface area is 142 Å². The molecule has 0 aliphatic heterocycles. The van der Waals surface area contributed by atoms with E-state index in [9.17, 15) is 9.18 Å². The number of carbonyl (C=O) groups is 1. The van der Waals surface area contributed by atoms with Crippen LogP contribution in [0.15, 0.2) is 0 Å². The Kier molecular flexibility index (Phi) is 5.01. The van der Waals surface area contributed by atoms with Crippen LogP contribution >= 0.6 is 23.2 Å². The fourth-order valence-corrected chi connectivity index (χ4v) is 2.51. The Morgan fingerprint density at radius 1 is 1.39 bits per heavy atom. The van der Waals surface area contributed by atoms with Crippen LogP contribution in [0.5, 0.6) is 0 Å². The lowest BCUT2D eigenvalue weighted by atomic mass is 10.1. The smallest absolute Gasteiger partial charge is 0.407 e. The van der Waals surface area contributed by atoms with E-state index in [0.29, 0.717) is 0 Å². The molecule has 9 heteroatoms. The molecular formula is C14H17Cl2FN4O2. The zero-order valence-corrected chi connectivity index (χ0v) is 14.6. The van der Waals surface area contributed by atoms with Crippen molar-refractivity contribution in [1.29, 1.82) is 0 Å². The first kappa shape index (κ1) is 17.7. The largest absolute Gasteiger partial charge is 0.444 e. The van der Waals surface area contributed by atoms with Gasteiger partial charge >= 0.3 is 6.09 Å². The summed E-state index contributed by atoms with van der Waals surface area (Å²) < 4.78 is 19.6. The highest BCUT2D eigenvalue weighted by molar-refractivity contribution is 6.35.